The van der Waals surface area contributed by atoms with Crippen LogP contribution in [0.3, 0.4) is 0 Å². The van der Waals surface area contributed by atoms with E-state index < -0.39 is 0 Å². The minimum absolute atomic E-state index is 0.0584. The quantitative estimate of drug-likeness (QED) is 0.825. The van der Waals surface area contributed by atoms with Gasteiger partial charge in [-0.25, -0.2) is 4.79 Å². The molecule has 0 aliphatic rings. The normalized spacial score (nSPS) is 10.5. The molecule has 0 amide bonds. The Morgan fingerprint density at radius 1 is 1.41 bits per heavy atom. The van der Waals surface area contributed by atoms with E-state index in [1.54, 1.807) is 6.92 Å². The first-order chi connectivity index (χ1) is 8.20. The lowest BCUT2D eigenvalue weighted by Crippen LogP contribution is -2.14. The van der Waals surface area contributed by atoms with E-state index in [2.05, 4.69) is 4.98 Å². The molecule has 0 atom stereocenters. The Labute approximate surface area is 99.5 Å². The maximum Gasteiger partial charge on any atom is 0.344 e. The van der Waals surface area contributed by atoms with Gasteiger partial charge in [0, 0.05) is 16.6 Å². The zero-order valence-electron chi connectivity index (χ0n) is 9.95. The number of aromatic nitrogens is 1. The first-order valence-corrected chi connectivity index (χ1v) is 5.57. The largest absolute Gasteiger partial charge is 0.481 e. The molecule has 1 aromatic heterocycles. The first kappa shape index (κ1) is 11.5. The number of hydrogen-bond acceptors (Lipinski definition) is 3. The van der Waals surface area contributed by atoms with Crippen molar-refractivity contribution in [1.82, 2.24) is 4.98 Å². The molecule has 1 N–H and O–H groups in total. The number of carbonyl (C=O) groups excluding carboxylic acids is 1. The Bertz CT molecular complexity index is 530. The Balaban J connectivity index is 2.15. The fourth-order valence-electron chi connectivity index (χ4n) is 1.73. The lowest BCUT2D eigenvalue weighted by Gasteiger charge is -2.06. The smallest absolute Gasteiger partial charge is 0.344 e. The fourth-order valence-corrected chi connectivity index (χ4v) is 1.73. The summed E-state index contributed by atoms with van der Waals surface area (Å²) in [6, 6.07) is 7.70. The second kappa shape index (κ2) is 4.91. The second-order valence-corrected chi connectivity index (χ2v) is 3.76. The van der Waals surface area contributed by atoms with E-state index in [0.29, 0.717) is 12.4 Å². The van der Waals surface area contributed by atoms with Gasteiger partial charge in [-0.3, -0.25) is 0 Å². The number of nitrogens with one attached hydrogen (secondary N) is 1. The molecule has 4 heteroatoms. The van der Waals surface area contributed by atoms with Gasteiger partial charge in [0.15, 0.2) is 6.61 Å². The Hall–Kier alpha value is -1.97. The highest BCUT2D eigenvalue weighted by molar-refractivity contribution is 5.87. The van der Waals surface area contributed by atoms with Gasteiger partial charge in [0.25, 0.3) is 0 Å². The molecule has 0 spiro atoms. The van der Waals surface area contributed by atoms with Crippen LogP contribution in [-0.2, 0) is 9.53 Å². The molecular weight excluding hydrogens is 218 g/mol. The SMILES string of the molecule is CCOC(=O)COc1cccc2[nH]c(C)cc12. The van der Waals surface area contributed by atoms with E-state index in [1.165, 1.54) is 0 Å². The van der Waals surface area contributed by atoms with Crippen molar-refractivity contribution in [2.45, 2.75) is 13.8 Å². The van der Waals surface area contributed by atoms with Crippen LogP contribution in [0.25, 0.3) is 10.9 Å². The number of rotatable bonds is 4. The minimum atomic E-state index is -0.350. The highest BCUT2D eigenvalue weighted by atomic mass is 16.6. The lowest BCUT2D eigenvalue weighted by atomic mass is 10.2. The molecule has 0 fully saturated rings. The van der Waals surface area contributed by atoms with Crippen LogP contribution >= 0.6 is 0 Å². The molecule has 0 aliphatic heterocycles. The number of aromatic amines is 1. The number of ether oxygens (including phenoxy) is 2. The summed E-state index contributed by atoms with van der Waals surface area (Å²) in [5.41, 5.74) is 2.07. The van der Waals surface area contributed by atoms with E-state index in [-0.39, 0.29) is 12.6 Å². The zero-order valence-corrected chi connectivity index (χ0v) is 9.95. The summed E-state index contributed by atoms with van der Waals surface area (Å²) in [4.78, 5) is 14.4. The number of carbonyl (C=O) groups is 1. The molecule has 2 aromatic rings. The molecule has 1 heterocycles. The van der Waals surface area contributed by atoms with Gasteiger partial charge in [0.2, 0.25) is 0 Å². The van der Waals surface area contributed by atoms with Crippen molar-refractivity contribution in [3.05, 3.63) is 30.0 Å². The van der Waals surface area contributed by atoms with Crippen molar-refractivity contribution < 1.29 is 14.3 Å². The van der Waals surface area contributed by atoms with E-state index in [0.717, 1.165) is 16.6 Å². The summed E-state index contributed by atoms with van der Waals surface area (Å²) < 4.78 is 10.3. The van der Waals surface area contributed by atoms with Crippen molar-refractivity contribution in [1.29, 1.82) is 0 Å². The van der Waals surface area contributed by atoms with E-state index >= 15 is 0 Å². The predicted octanol–water partition coefficient (Wildman–Crippen LogP) is 2.42. The van der Waals surface area contributed by atoms with Gasteiger partial charge in [-0.1, -0.05) is 6.07 Å². The summed E-state index contributed by atoms with van der Waals surface area (Å²) >= 11 is 0. The van der Waals surface area contributed by atoms with Gasteiger partial charge < -0.3 is 14.5 Å². The first-order valence-electron chi connectivity index (χ1n) is 5.57. The van der Waals surface area contributed by atoms with Crippen LogP contribution in [0.5, 0.6) is 5.75 Å². The van der Waals surface area contributed by atoms with Crippen LogP contribution in [0.1, 0.15) is 12.6 Å². The fraction of sp³-hybridized carbons (Fsp3) is 0.308. The van der Waals surface area contributed by atoms with Crippen LogP contribution in [0.4, 0.5) is 0 Å². The number of hydrogen-bond donors (Lipinski definition) is 1. The summed E-state index contributed by atoms with van der Waals surface area (Å²) in [5.74, 6) is 0.344. The highest BCUT2D eigenvalue weighted by Gasteiger charge is 2.07. The number of H-pyrrole nitrogens is 1. The summed E-state index contributed by atoms with van der Waals surface area (Å²) in [7, 11) is 0. The number of aryl methyl sites for hydroxylation is 1. The van der Waals surface area contributed by atoms with E-state index in [9.17, 15) is 4.79 Å². The molecule has 0 unspecified atom stereocenters. The lowest BCUT2D eigenvalue weighted by molar-refractivity contribution is -0.145. The number of fused-ring (bicyclic) bond motifs is 1. The van der Waals surface area contributed by atoms with E-state index in [1.807, 2.05) is 31.2 Å². The van der Waals surface area contributed by atoms with Crippen molar-refractivity contribution in [2.24, 2.45) is 0 Å². The molecule has 90 valence electrons. The molecule has 1 aromatic carbocycles. The van der Waals surface area contributed by atoms with Gasteiger partial charge >= 0.3 is 5.97 Å². The second-order valence-electron chi connectivity index (χ2n) is 3.76. The molecule has 0 saturated carbocycles. The van der Waals surface area contributed by atoms with Gasteiger partial charge in [0.05, 0.1) is 6.61 Å². The van der Waals surface area contributed by atoms with Crippen molar-refractivity contribution >= 4 is 16.9 Å². The van der Waals surface area contributed by atoms with Crippen LogP contribution in [0.2, 0.25) is 0 Å². The number of esters is 1. The molecule has 0 saturated heterocycles. The van der Waals surface area contributed by atoms with Gasteiger partial charge in [-0.05, 0) is 32.0 Å². The van der Waals surface area contributed by atoms with Gasteiger partial charge in [0.1, 0.15) is 5.75 Å². The Kier molecular flexibility index (Phi) is 3.32. The highest BCUT2D eigenvalue weighted by Crippen LogP contribution is 2.25. The summed E-state index contributed by atoms with van der Waals surface area (Å²) in [5, 5.41) is 0.981. The average molecular weight is 233 g/mol. The number of benzene rings is 1. The molecule has 0 bridgehead atoms. The third-order valence-corrected chi connectivity index (χ3v) is 2.41. The van der Waals surface area contributed by atoms with Crippen molar-refractivity contribution in [3.63, 3.8) is 0 Å². The maximum absolute atomic E-state index is 11.2. The van der Waals surface area contributed by atoms with Crippen LogP contribution in [0.15, 0.2) is 24.3 Å². The monoisotopic (exact) mass is 233 g/mol. The summed E-state index contributed by atoms with van der Waals surface area (Å²) in [6.07, 6.45) is 0. The molecule has 2 rings (SSSR count). The van der Waals surface area contributed by atoms with Crippen molar-refractivity contribution in [3.8, 4) is 5.75 Å². The third kappa shape index (κ3) is 2.58. The topological polar surface area (TPSA) is 51.3 Å². The maximum atomic E-state index is 11.2. The van der Waals surface area contributed by atoms with E-state index in [4.69, 9.17) is 9.47 Å². The van der Waals surface area contributed by atoms with Crippen LogP contribution < -0.4 is 4.74 Å². The summed E-state index contributed by atoms with van der Waals surface area (Å²) in [6.45, 7) is 4.07. The Morgan fingerprint density at radius 2 is 2.24 bits per heavy atom. The molecule has 0 radical (unpaired) electrons. The standard InChI is InChI=1S/C13H15NO3/c1-3-16-13(15)8-17-12-6-4-5-11-10(12)7-9(2)14-11/h4-7,14H,3,8H2,1-2H3. The molecular formula is C13H15NO3. The average Bonchev–Trinajstić information content (AvgIpc) is 2.67. The minimum Gasteiger partial charge on any atom is -0.481 e. The van der Waals surface area contributed by atoms with Crippen molar-refractivity contribution in [2.75, 3.05) is 13.2 Å². The van der Waals surface area contributed by atoms with Crippen LogP contribution in [-0.4, -0.2) is 24.2 Å². The predicted molar refractivity (Wildman–Crippen MR) is 65.2 cm³/mol. The van der Waals surface area contributed by atoms with Crippen LogP contribution in [0, 0.1) is 6.92 Å². The van der Waals surface area contributed by atoms with Gasteiger partial charge in [-0.15, -0.1) is 0 Å². The third-order valence-electron chi connectivity index (χ3n) is 2.41. The molecule has 17 heavy (non-hydrogen) atoms. The zero-order chi connectivity index (χ0) is 12.3. The Morgan fingerprint density at radius 3 is 3.00 bits per heavy atom. The van der Waals surface area contributed by atoms with Gasteiger partial charge in [-0.2, -0.15) is 0 Å². The molecule has 0 aliphatic carbocycles. The molecule has 4 nitrogen and oxygen atoms in total.